The van der Waals surface area contributed by atoms with E-state index in [1.807, 2.05) is 0 Å². The Labute approximate surface area is 178 Å². The Morgan fingerprint density at radius 2 is 1.48 bits per heavy atom. The van der Waals surface area contributed by atoms with E-state index < -0.39 is 22.3 Å². The highest BCUT2D eigenvalue weighted by molar-refractivity contribution is 5.96. The highest BCUT2D eigenvalue weighted by Crippen LogP contribution is 2.28. The van der Waals surface area contributed by atoms with E-state index in [1.165, 1.54) is 26.0 Å². The van der Waals surface area contributed by atoms with Gasteiger partial charge in [0, 0.05) is 43.4 Å². The van der Waals surface area contributed by atoms with E-state index in [2.05, 4.69) is 0 Å². The van der Waals surface area contributed by atoms with E-state index in [4.69, 9.17) is 9.47 Å². The molecule has 2 amide bonds. The van der Waals surface area contributed by atoms with Crippen molar-refractivity contribution < 1.29 is 28.4 Å². The highest BCUT2D eigenvalue weighted by Gasteiger charge is 2.28. The van der Waals surface area contributed by atoms with Crippen molar-refractivity contribution in [2.24, 2.45) is 0 Å². The summed E-state index contributed by atoms with van der Waals surface area (Å²) in [6.07, 6.45) is 0. The van der Waals surface area contributed by atoms with Crippen LogP contribution in [-0.2, 0) is 0 Å². The number of nitro benzene ring substituents is 1. The summed E-state index contributed by atoms with van der Waals surface area (Å²) in [6, 6.07) is 6.96. The maximum atomic E-state index is 14.1. The summed E-state index contributed by atoms with van der Waals surface area (Å²) in [6.45, 7) is 2.29. The van der Waals surface area contributed by atoms with Crippen molar-refractivity contribution in [1.29, 1.82) is 0 Å². The van der Waals surface area contributed by atoms with E-state index >= 15 is 0 Å². The number of benzene rings is 2. The zero-order valence-corrected chi connectivity index (χ0v) is 17.4. The topological polar surface area (TPSA) is 102 Å². The molecule has 1 heterocycles. The van der Waals surface area contributed by atoms with E-state index in [-0.39, 0.29) is 43.2 Å². The number of hydrogen-bond acceptors (Lipinski definition) is 6. The third kappa shape index (κ3) is 4.42. The highest BCUT2D eigenvalue weighted by atomic mass is 19.1. The lowest BCUT2D eigenvalue weighted by Crippen LogP contribution is -2.50. The molecule has 0 saturated carbocycles. The first-order valence-corrected chi connectivity index (χ1v) is 9.52. The number of nitro groups is 1. The number of ether oxygens (including phenoxy) is 2. The maximum absolute atomic E-state index is 14.1. The predicted molar refractivity (Wildman–Crippen MR) is 109 cm³/mol. The van der Waals surface area contributed by atoms with Gasteiger partial charge in [-0.3, -0.25) is 19.7 Å². The van der Waals surface area contributed by atoms with Gasteiger partial charge in [-0.05, 0) is 31.2 Å². The van der Waals surface area contributed by atoms with Gasteiger partial charge in [0.05, 0.1) is 24.7 Å². The first kappa shape index (κ1) is 22.0. The fourth-order valence-electron chi connectivity index (χ4n) is 3.42. The molecule has 10 heteroatoms. The fourth-order valence-corrected chi connectivity index (χ4v) is 3.42. The van der Waals surface area contributed by atoms with Crippen LogP contribution in [-0.4, -0.2) is 66.9 Å². The number of carbonyl (C=O) groups excluding carboxylic acids is 2. The molecule has 1 aliphatic heterocycles. The maximum Gasteiger partial charge on any atom is 0.276 e. The monoisotopic (exact) mass is 431 g/mol. The van der Waals surface area contributed by atoms with Gasteiger partial charge < -0.3 is 19.3 Å². The van der Waals surface area contributed by atoms with Gasteiger partial charge in [-0.15, -0.1) is 0 Å². The van der Waals surface area contributed by atoms with Crippen LogP contribution in [0.2, 0.25) is 0 Å². The molecule has 31 heavy (non-hydrogen) atoms. The van der Waals surface area contributed by atoms with Crippen molar-refractivity contribution in [3.63, 3.8) is 0 Å². The summed E-state index contributed by atoms with van der Waals surface area (Å²) in [5, 5.41) is 11.1. The summed E-state index contributed by atoms with van der Waals surface area (Å²) >= 11 is 0. The van der Waals surface area contributed by atoms with Crippen LogP contribution in [0.1, 0.15) is 26.3 Å². The van der Waals surface area contributed by atoms with Crippen LogP contribution >= 0.6 is 0 Å². The first-order valence-electron chi connectivity index (χ1n) is 9.52. The lowest BCUT2D eigenvalue weighted by Gasteiger charge is -2.35. The molecule has 0 atom stereocenters. The van der Waals surface area contributed by atoms with E-state index in [9.17, 15) is 24.1 Å². The zero-order chi connectivity index (χ0) is 22.7. The van der Waals surface area contributed by atoms with Gasteiger partial charge >= 0.3 is 0 Å². The van der Waals surface area contributed by atoms with E-state index in [1.54, 1.807) is 23.1 Å². The minimum Gasteiger partial charge on any atom is -0.493 e. The van der Waals surface area contributed by atoms with Gasteiger partial charge in [-0.2, -0.15) is 0 Å². The fraction of sp³-hybridized carbons (Fsp3) is 0.333. The zero-order valence-electron chi connectivity index (χ0n) is 17.4. The number of nitrogens with zero attached hydrogens (tertiary/aromatic N) is 3. The van der Waals surface area contributed by atoms with Gasteiger partial charge in [0.25, 0.3) is 17.5 Å². The molecule has 0 aliphatic carbocycles. The Hall–Kier alpha value is -3.69. The second-order valence-electron chi connectivity index (χ2n) is 7.01. The summed E-state index contributed by atoms with van der Waals surface area (Å²) in [7, 11) is 2.98. The molecule has 0 bridgehead atoms. The van der Waals surface area contributed by atoms with Crippen LogP contribution in [0.25, 0.3) is 0 Å². The molecule has 0 spiro atoms. The number of piperazine rings is 1. The summed E-state index contributed by atoms with van der Waals surface area (Å²) in [4.78, 5) is 39.0. The molecule has 1 fully saturated rings. The van der Waals surface area contributed by atoms with Gasteiger partial charge in [0.15, 0.2) is 11.5 Å². The predicted octanol–water partition coefficient (Wildman–Crippen LogP) is 2.66. The molecule has 164 valence electrons. The third-order valence-corrected chi connectivity index (χ3v) is 5.25. The average Bonchev–Trinajstić information content (AvgIpc) is 2.79. The van der Waals surface area contributed by atoms with Crippen LogP contribution in [0.4, 0.5) is 10.1 Å². The second kappa shape index (κ2) is 8.99. The Balaban J connectivity index is 1.70. The minimum absolute atomic E-state index is 0.0885. The second-order valence-corrected chi connectivity index (χ2v) is 7.01. The summed E-state index contributed by atoms with van der Waals surface area (Å²) in [5.41, 5.74) is -0.222. The van der Waals surface area contributed by atoms with Crippen LogP contribution < -0.4 is 9.47 Å². The molecular weight excluding hydrogens is 409 g/mol. The Morgan fingerprint density at radius 1 is 0.935 bits per heavy atom. The van der Waals surface area contributed by atoms with Crippen molar-refractivity contribution >= 4 is 17.5 Å². The standard InChI is InChI=1S/C21H22FN3O6/c1-13-16(22)10-15(11-17(13)25(28)29)21(27)24-8-6-23(7-9-24)20(26)14-4-5-18(30-2)19(12-14)31-3/h4-5,10-12H,6-9H2,1-3H3. The number of amides is 2. The molecule has 3 rings (SSSR count). The van der Waals surface area contributed by atoms with Crippen molar-refractivity contribution in [3.05, 3.63) is 63.0 Å². The lowest BCUT2D eigenvalue weighted by molar-refractivity contribution is -0.385. The molecule has 1 saturated heterocycles. The van der Waals surface area contributed by atoms with Crippen LogP contribution in [0.5, 0.6) is 11.5 Å². The van der Waals surface area contributed by atoms with Gasteiger partial charge in [0.2, 0.25) is 0 Å². The third-order valence-electron chi connectivity index (χ3n) is 5.25. The smallest absolute Gasteiger partial charge is 0.276 e. The molecule has 9 nitrogen and oxygen atoms in total. The first-order chi connectivity index (χ1) is 14.8. The summed E-state index contributed by atoms with van der Waals surface area (Å²) < 4.78 is 24.5. The number of hydrogen-bond donors (Lipinski definition) is 0. The Kier molecular flexibility index (Phi) is 6.38. The molecule has 0 radical (unpaired) electrons. The average molecular weight is 431 g/mol. The van der Waals surface area contributed by atoms with Crippen LogP contribution in [0.3, 0.4) is 0 Å². The number of carbonyl (C=O) groups is 2. The number of halogens is 1. The molecule has 2 aromatic rings. The molecule has 0 N–H and O–H groups in total. The molecular formula is C21H22FN3O6. The van der Waals surface area contributed by atoms with Crippen molar-refractivity contribution in [3.8, 4) is 11.5 Å². The molecule has 1 aliphatic rings. The Bertz CT molecular complexity index is 1030. The van der Waals surface area contributed by atoms with Crippen molar-refractivity contribution in [2.45, 2.75) is 6.92 Å². The van der Waals surface area contributed by atoms with Gasteiger partial charge in [-0.1, -0.05) is 0 Å². The SMILES string of the molecule is COc1ccc(C(=O)N2CCN(C(=O)c3cc(F)c(C)c([N+](=O)[O-])c3)CC2)cc1OC. The van der Waals surface area contributed by atoms with Crippen LogP contribution in [0.15, 0.2) is 30.3 Å². The molecule has 2 aromatic carbocycles. The normalized spacial score (nSPS) is 13.7. The number of rotatable bonds is 5. The van der Waals surface area contributed by atoms with E-state index in [0.29, 0.717) is 17.1 Å². The molecule has 0 aromatic heterocycles. The minimum atomic E-state index is -0.806. The van der Waals surface area contributed by atoms with E-state index in [0.717, 1.165) is 12.1 Å². The van der Waals surface area contributed by atoms with Crippen molar-refractivity contribution in [2.75, 3.05) is 40.4 Å². The van der Waals surface area contributed by atoms with Crippen LogP contribution in [0, 0.1) is 22.9 Å². The lowest BCUT2D eigenvalue weighted by atomic mass is 10.1. The Morgan fingerprint density at radius 3 is 2.00 bits per heavy atom. The van der Waals surface area contributed by atoms with Gasteiger partial charge in [0.1, 0.15) is 5.82 Å². The summed E-state index contributed by atoms with van der Waals surface area (Å²) in [5.74, 6) is -0.593. The largest absolute Gasteiger partial charge is 0.493 e. The van der Waals surface area contributed by atoms with Gasteiger partial charge in [-0.25, -0.2) is 4.39 Å². The number of methoxy groups -OCH3 is 2. The molecule has 0 unspecified atom stereocenters. The quantitative estimate of drug-likeness (QED) is 0.533. The van der Waals surface area contributed by atoms with Crippen molar-refractivity contribution in [1.82, 2.24) is 9.80 Å².